The van der Waals surface area contributed by atoms with Crippen molar-refractivity contribution >= 4 is 82.2 Å². The molecular formula is C41H57N11O8S2. The lowest BCUT2D eigenvalue weighted by Gasteiger charge is -2.36. The van der Waals surface area contributed by atoms with Crippen LogP contribution in [0.4, 0.5) is 10.5 Å². The van der Waals surface area contributed by atoms with Crippen LogP contribution in [0.15, 0.2) is 36.4 Å². The standard InChI is InChI=1S/C41H57N11O8S2/c53-32(5-2-1-4-31-39-30(27-62-31)46-40(60)47-39)42-24-28-7-9-29(10-8-28)45-41(61)44-26-38(59)50-18-16-48(17-19-50)15-13-34(55)49-20-22-51(23-21-49)37(58)25-43-33(54)6-3-14-52-35(56)11-12-36(52)57/h7-12,30-31,39H,1-6,13-27H2,(H,42,53)(H,43,54)(H2,44,45,61)(H2,46,47,60)/t30-,31-,39-/m0/s1. The third kappa shape index (κ3) is 13.6. The summed E-state index contributed by atoms with van der Waals surface area (Å²) in [5, 5.41) is 18.3. The van der Waals surface area contributed by atoms with Gasteiger partial charge in [0.15, 0.2) is 5.11 Å². The molecule has 3 atom stereocenters. The summed E-state index contributed by atoms with van der Waals surface area (Å²) in [6, 6.07) is 7.88. The average Bonchev–Trinajstić information content (AvgIpc) is 3.94. The number of nitrogens with one attached hydrogen (secondary N) is 6. The first kappa shape index (κ1) is 46.2. The molecule has 5 aliphatic rings. The maximum Gasteiger partial charge on any atom is 0.315 e. The lowest BCUT2D eigenvalue weighted by molar-refractivity contribution is -0.140. The number of imide groups is 1. The summed E-state index contributed by atoms with van der Waals surface area (Å²) < 4.78 is 0. The average molecular weight is 896 g/mol. The first-order chi connectivity index (χ1) is 29.9. The Hall–Kier alpha value is -5.28. The summed E-state index contributed by atoms with van der Waals surface area (Å²) >= 11 is 7.30. The molecule has 4 fully saturated rings. The molecule has 0 radical (unpaired) electrons. The van der Waals surface area contributed by atoms with E-state index in [1.807, 2.05) is 36.0 Å². The highest BCUT2D eigenvalue weighted by atomic mass is 32.2. The van der Waals surface area contributed by atoms with Gasteiger partial charge in [0.25, 0.3) is 11.8 Å². The van der Waals surface area contributed by atoms with E-state index in [-0.39, 0.29) is 73.7 Å². The zero-order valence-electron chi connectivity index (χ0n) is 34.9. The first-order valence-corrected chi connectivity index (χ1v) is 22.8. The molecule has 0 saturated carbocycles. The van der Waals surface area contributed by atoms with Crippen LogP contribution in [0.25, 0.3) is 0 Å². The smallest absolute Gasteiger partial charge is 0.315 e. The van der Waals surface area contributed by atoms with E-state index in [0.29, 0.717) is 95.1 Å². The van der Waals surface area contributed by atoms with Crippen LogP contribution < -0.4 is 31.9 Å². The maximum absolute atomic E-state index is 13.0. The molecule has 4 saturated heterocycles. The van der Waals surface area contributed by atoms with Crippen LogP contribution in [0.1, 0.15) is 50.5 Å². The van der Waals surface area contributed by atoms with E-state index in [9.17, 15) is 38.4 Å². The van der Waals surface area contributed by atoms with Gasteiger partial charge in [-0.05, 0) is 49.2 Å². The van der Waals surface area contributed by atoms with Crippen LogP contribution in [0.5, 0.6) is 0 Å². The van der Waals surface area contributed by atoms with Gasteiger partial charge >= 0.3 is 6.03 Å². The van der Waals surface area contributed by atoms with Gasteiger partial charge in [-0.2, -0.15) is 11.8 Å². The lowest BCUT2D eigenvalue weighted by atomic mass is 10.0. The van der Waals surface area contributed by atoms with Gasteiger partial charge in [-0.3, -0.25) is 43.4 Å². The predicted octanol–water partition coefficient (Wildman–Crippen LogP) is -0.658. The largest absolute Gasteiger partial charge is 0.353 e. The molecule has 1 aromatic carbocycles. The highest BCUT2D eigenvalue weighted by Crippen LogP contribution is 2.33. The van der Waals surface area contributed by atoms with E-state index in [1.54, 1.807) is 14.7 Å². The van der Waals surface area contributed by atoms with Crippen molar-refractivity contribution in [2.24, 2.45) is 0 Å². The van der Waals surface area contributed by atoms with Crippen LogP contribution in [0, 0.1) is 0 Å². The maximum atomic E-state index is 13.0. The fraction of sp³-hybridized carbons (Fsp3) is 0.585. The number of nitrogens with zero attached hydrogens (tertiary/aromatic N) is 5. The van der Waals surface area contributed by atoms with Gasteiger partial charge in [0.1, 0.15) is 0 Å². The number of anilines is 1. The molecule has 0 aliphatic carbocycles. The zero-order valence-corrected chi connectivity index (χ0v) is 36.5. The van der Waals surface area contributed by atoms with Crippen molar-refractivity contribution in [2.45, 2.75) is 68.8 Å². The molecule has 9 amide bonds. The van der Waals surface area contributed by atoms with Gasteiger partial charge < -0.3 is 46.6 Å². The molecule has 5 heterocycles. The second-order valence-corrected chi connectivity index (χ2v) is 17.6. The van der Waals surface area contributed by atoms with E-state index in [2.05, 4.69) is 36.8 Å². The molecule has 19 nitrogen and oxygen atoms in total. The van der Waals surface area contributed by atoms with Crippen molar-refractivity contribution in [2.75, 3.05) is 89.6 Å². The van der Waals surface area contributed by atoms with Crippen molar-refractivity contribution in [1.29, 1.82) is 0 Å². The topological polar surface area (TPSA) is 225 Å². The van der Waals surface area contributed by atoms with Crippen LogP contribution in [-0.2, 0) is 40.1 Å². The number of unbranched alkanes of at least 4 members (excludes halogenated alkanes) is 1. The Labute approximate surface area is 370 Å². The number of fused-ring (bicyclic) bond motifs is 1. The Balaban J connectivity index is 0.761. The fourth-order valence-electron chi connectivity index (χ4n) is 7.97. The van der Waals surface area contributed by atoms with Gasteiger partial charge in [-0.25, -0.2) is 4.79 Å². The van der Waals surface area contributed by atoms with Gasteiger partial charge in [-0.1, -0.05) is 18.6 Å². The summed E-state index contributed by atoms with van der Waals surface area (Å²) in [5.74, 6) is -0.480. The van der Waals surface area contributed by atoms with E-state index >= 15 is 0 Å². The summed E-state index contributed by atoms with van der Waals surface area (Å²) in [6.45, 7) is 4.97. The number of thioether (sulfide) groups is 1. The molecule has 5 aliphatic heterocycles. The number of hydrogen-bond acceptors (Lipinski definition) is 11. The van der Waals surface area contributed by atoms with Crippen molar-refractivity contribution in [3.63, 3.8) is 0 Å². The normalized spacial score (nSPS) is 21.0. The minimum Gasteiger partial charge on any atom is -0.353 e. The quantitative estimate of drug-likeness (QED) is 0.0440. The SMILES string of the molecule is O=C(CCCN1C(=O)C=CC1=O)NCC(=O)N1CCN(C(=O)CCN2CCN(C(=O)CNC(=S)Nc3ccc(CNC(=O)CCCC[C@@H]4SC[C@@H]5NC(=O)N[C@@H]54)cc3)CC2)CC1. The van der Waals surface area contributed by atoms with Crippen LogP contribution in [-0.4, -0.2) is 179 Å². The van der Waals surface area contributed by atoms with E-state index in [0.717, 1.165) is 41.2 Å². The minimum absolute atomic E-state index is 0.00908. The molecule has 6 rings (SSSR count). The molecule has 0 bridgehead atoms. The van der Waals surface area contributed by atoms with Crippen molar-refractivity contribution in [3.05, 3.63) is 42.0 Å². The number of carbonyl (C=O) groups excluding carboxylic acids is 8. The fourth-order valence-corrected chi connectivity index (χ4v) is 9.71. The van der Waals surface area contributed by atoms with Crippen molar-refractivity contribution < 1.29 is 38.4 Å². The number of hydrogen-bond donors (Lipinski definition) is 6. The molecule has 1 aromatic rings. The summed E-state index contributed by atoms with van der Waals surface area (Å²) in [5.41, 5.74) is 1.71. The molecule has 21 heteroatoms. The number of piperazine rings is 2. The zero-order chi connectivity index (χ0) is 44.0. The Bertz CT molecular complexity index is 1850. The second-order valence-electron chi connectivity index (χ2n) is 15.9. The highest BCUT2D eigenvalue weighted by Gasteiger charge is 2.42. The predicted molar refractivity (Wildman–Crippen MR) is 235 cm³/mol. The number of rotatable bonds is 19. The lowest BCUT2D eigenvalue weighted by Crippen LogP contribution is -2.53. The molecule has 6 N–H and O–H groups in total. The molecular weight excluding hydrogens is 839 g/mol. The van der Waals surface area contributed by atoms with Crippen LogP contribution in [0.3, 0.4) is 0 Å². The van der Waals surface area contributed by atoms with E-state index < -0.39 is 11.8 Å². The van der Waals surface area contributed by atoms with Gasteiger partial charge in [-0.15, -0.1) is 0 Å². The molecule has 62 heavy (non-hydrogen) atoms. The second kappa shape index (κ2) is 22.7. The van der Waals surface area contributed by atoms with Gasteiger partial charge in [0, 0.05) is 120 Å². The molecule has 336 valence electrons. The van der Waals surface area contributed by atoms with Gasteiger partial charge in [0.05, 0.1) is 25.2 Å². The Morgan fingerprint density at radius 1 is 0.677 bits per heavy atom. The van der Waals surface area contributed by atoms with Gasteiger partial charge in [0.2, 0.25) is 29.5 Å². The summed E-state index contributed by atoms with van der Waals surface area (Å²) in [4.78, 5) is 106. The van der Waals surface area contributed by atoms with Crippen LogP contribution in [0.2, 0.25) is 0 Å². The Kier molecular flexibility index (Phi) is 16.9. The number of urea groups is 1. The third-order valence-corrected chi connectivity index (χ3v) is 13.4. The first-order valence-electron chi connectivity index (χ1n) is 21.4. The summed E-state index contributed by atoms with van der Waals surface area (Å²) in [7, 11) is 0. The molecule has 0 aromatic heterocycles. The molecule has 0 spiro atoms. The molecule has 0 unspecified atom stereocenters. The Morgan fingerprint density at radius 3 is 1.95 bits per heavy atom. The van der Waals surface area contributed by atoms with Crippen molar-refractivity contribution in [1.82, 2.24) is 51.1 Å². The highest BCUT2D eigenvalue weighted by molar-refractivity contribution is 8.00. The third-order valence-electron chi connectivity index (χ3n) is 11.7. The Morgan fingerprint density at radius 2 is 1.27 bits per heavy atom. The number of benzene rings is 1. The van der Waals surface area contributed by atoms with E-state index in [4.69, 9.17) is 12.2 Å². The number of thiocarbonyl (C=S) groups is 1. The monoisotopic (exact) mass is 895 g/mol. The minimum atomic E-state index is -0.394. The number of amides is 9. The summed E-state index contributed by atoms with van der Waals surface area (Å²) in [6.07, 6.45) is 6.29. The van der Waals surface area contributed by atoms with E-state index in [1.165, 1.54) is 12.2 Å². The van der Waals surface area contributed by atoms with Crippen molar-refractivity contribution in [3.8, 4) is 0 Å². The van der Waals surface area contributed by atoms with Crippen LogP contribution >= 0.6 is 24.0 Å². The number of carbonyl (C=O) groups is 8.